The molecule has 0 unspecified atom stereocenters. The second kappa shape index (κ2) is 10.4. The molecule has 0 atom stereocenters. The molecular formula is C21H29N7O. The molecule has 3 rings (SSSR count). The average molecular weight is 396 g/mol. The van der Waals surface area contributed by atoms with Crippen LogP contribution in [0.3, 0.4) is 0 Å². The molecule has 1 saturated heterocycles. The number of guanidine groups is 1. The van der Waals surface area contributed by atoms with Crippen molar-refractivity contribution in [2.24, 2.45) is 4.99 Å². The quantitative estimate of drug-likeness (QED) is 0.586. The van der Waals surface area contributed by atoms with Crippen molar-refractivity contribution in [2.75, 3.05) is 51.7 Å². The van der Waals surface area contributed by atoms with Gasteiger partial charge in [-0.2, -0.15) is 0 Å². The summed E-state index contributed by atoms with van der Waals surface area (Å²) in [6.45, 7) is 4.07. The van der Waals surface area contributed by atoms with Crippen molar-refractivity contribution in [2.45, 2.75) is 13.0 Å². The van der Waals surface area contributed by atoms with Gasteiger partial charge in [-0.1, -0.05) is 30.3 Å². The molecule has 2 aromatic rings. The van der Waals surface area contributed by atoms with E-state index in [9.17, 15) is 4.79 Å². The number of hydrogen-bond acceptors (Lipinski definition) is 5. The van der Waals surface area contributed by atoms with E-state index < -0.39 is 0 Å². The highest BCUT2D eigenvalue weighted by Crippen LogP contribution is 2.10. The zero-order chi connectivity index (χ0) is 20.5. The Morgan fingerprint density at radius 1 is 1.07 bits per heavy atom. The number of nitrogens with one attached hydrogen (secondary N) is 1. The van der Waals surface area contributed by atoms with Gasteiger partial charge in [0, 0.05) is 65.6 Å². The topological polar surface area (TPSA) is 77.0 Å². The molecule has 8 nitrogen and oxygen atoms in total. The third-order valence-corrected chi connectivity index (χ3v) is 4.77. The van der Waals surface area contributed by atoms with Gasteiger partial charge in [0.15, 0.2) is 5.96 Å². The van der Waals surface area contributed by atoms with E-state index in [2.05, 4.69) is 37.3 Å². The molecule has 29 heavy (non-hydrogen) atoms. The Labute approximate surface area is 172 Å². The van der Waals surface area contributed by atoms with E-state index in [1.165, 1.54) is 0 Å². The van der Waals surface area contributed by atoms with E-state index in [0.29, 0.717) is 32.6 Å². The minimum atomic E-state index is 0.160. The second-order valence-electron chi connectivity index (χ2n) is 7.11. The standard InChI is InChI=1S/C21H29N7O/c1-26(2)20(25-17-18-7-4-3-5-8-18)24-12-9-19(29)27-13-15-28(16-14-27)21-22-10-6-11-23-21/h3-8,10-11H,9,12-17H2,1-2H3,(H,24,25). The zero-order valence-electron chi connectivity index (χ0n) is 17.2. The van der Waals surface area contributed by atoms with Crippen LogP contribution in [-0.2, 0) is 11.3 Å². The highest BCUT2D eigenvalue weighted by molar-refractivity contribution is 5.81. The molecule has 1 aliphatic rings. The number of carbonyl (C=O) groups is 1. The summed E-state index contributed by atoms with van der Waals surface area (Å²) >= 11 is 0. The summed E-state index contributed by atoms with van der Waals surface area (Å²) in [7, 11) is 3.90. The lowest BCUT2D eigenvalue weighted by atomic mass is 10.2. The van der Waals surface area contributed by atoms with E-state index in [1.54, 1.807) is 18.5 Å². The smallest absolute Gasteiger partial charge is 0.225 e. The van der Waals surface area contributed by atoms with Crippen molar-refractivity contribution >= 4 is 17.8 Å². The first-order valence-corrected chi connectivity index (χ1v) is 9.93. The maximum absolute atomic E-state index is 12.6. The Hall–Kier alpha value is -3.16. The van der Waals surface area contributed by atoms with Crippen LogP contribution in [0.2, 0.25) is 0 Å². The van der Waals surface area contributed by atoms with E-state index in [4.69, 9.17) is 0 Å². The number of carbonyl (C=O) groups excluding carboxylic acids is 1. The van der Waals surface area contributed by atoms with Crippen molar-refractivity contribution < 1.29 is 4.79 Å². The summed E-state index contributed by atoms with van der Waals surface area (Å²) < 4.78 is 0. The number of anilines is 1. The number of rotatable bonds is 6. The van der Waals surface area contributed by atoms with Gasteiger partial charge in [0.05, 0.1) is 6.54 Å². The number of amides is 1. The predicted molar refractivity (Wildman–Crippen MR) is 115 cm³/mol. The first-order valence-electron chi connectivity index (χ1n) is 9.93. The molecule has 154 valence electrons. The summed E-state index contributed by atoms with van der Waals surface area (Å²) in [5.41, 5.74) is 1.16. The molecule has 1 aliphatic heterocycles. The van der Waals surface area contributed by atoms with Crippen molar-refractivity contribution in [3.05, 3.63) is 54.4 Å². The van der Waals surface area contributed by atoms with E-state index >= 15 is 0 Å². The molecule has 0 spiro atoms. The fraction of sp³-hybridized carbons (Fsp3) is 0.429. The lowest BCUT2D eigenvalue weighted by Gasteiger charge is -2.34. The second-order valence-corrected chi connectivity index (χ2v) is 7.11. The van der Waals surface area contributed by atoms with Crippen LogP contribution in [0.4, 0.5) is 5.95 Å². The first-order chi connectivity index (χ1) is 14.1. The van der Waals surface area contributed by atoms with Gasteiger partial charge < -0.3 is 20.0 Å². The van der Waals surface area contributed by atoms with Crippen LogP contribution in [0.15, 0.2) is 53.8 Å². The van der Waals surface area contributed by atoms with Crippen LogP contribution < -0.4 is 10.2 Å². The minimum Gasteiger partial charge on any atom is -0.356 e. The van der Waals surface area contributed by atoms with Gasteiger partial charge in [0.2, 0.25) is 11.9 Å². The van der Waals surface area contributed by atoms with E-state index in [-0.39, 0.29) is 5.91 Å². The summed E-state index contributed by atoms with van der Waals surface area (Å²) in [6, 6.07) is 11.9. The number of nitrogens with zero attached hydrogens (tertiary/aromatic N) is 6. The summed E-state index contributed by atoms with van der Waals surface area (Å²) in [5.74, 6) is 1.67. The van der Waals surface area contributed by atoms with Crippen LogP contribution >= 0.6 is 0 Å². The van der Waals surface area contributed by atoms with Crippen molar-refractivity contribution in [3.8, 4) is 0 Å². The van der Waals surface area contributed by atoms with Gasteiger partial charge in [-0.05, 0) is 11.6 Å². The Morgan fingerprint density at radius 2 is 1.76 bits per heavy atom. The number of aromatic nitrogens is 2. The van der Waals surface area contributed by atoms with Gasteiger partial charge in [-0.3, -0.25) is 4.79 Å². The number of hydrogen-bond donors (Lipinski definition) is 1. The average Bonchev–Trinajstić information content (AvgIpc) is 2.77. The van der Waals surface area contributed by atoms with Gasteiger partial charge in [-0.15, -0.1) is 0 Å². The molecule has 1 aromatic carbocycles. The Bertz CT molecular complexity index is 787. The summed E-state index contributed by atoms with van der Waals surface area (Å²) in [4.78, 5) is 31.7. The summed E-state index contributed by atoms with van der Waals surface area (Å²) in [6.07, 6.45) is 3.93. The normalized spacial score (nSPS) is 14.6. The van der Waals surface area contributed by atoms with Crippen molar-refractivity contribution in [1.82, 2.24) is 25.1 Å². The molecular weight excluding hydrogens is 366 g/mol. The van der Waals surface area contributed by atoms with Crippen LogP contribution in [0.25, 0.3) is 0 Å². The molecule has 1 amide bonds. The lowest BCUT2D eigenvalue weighted by Crippen LogP contribution is -2.50. The first kappa shape index (κ1) is 20.6. The van der Waals surface area contributed by atoms with Crippen LogP contribution in [-0.4, -0.2) is 78.5 Å². The molecule has 0 aliphatic carbocycles. The summed E-state index contributed by atoms with van der Waals surface area (Å²) in [5, 5.41) is 3.29. The van der Waals surface area contributed by atoms with Gasteiger partial charge in [0.1, 0.15) is 0 Å². The van der Waals surface area contributed by atoms with Crippen molar-refractivity contribution in [3.63, 3.8) is 0 Å². The van der Waals surface area contributed by atoms with Gasteiger partial charge >= 0.3 is 0 Å². The molecule has 0 bridgehead atoms. The molecule has 8 heteroatoms. The monoisotopic (exact) mass is 395 g/mol. The van der Waals surface area contributed by atoms with Crippen LogP contribution in [0, 0.1) is 0 Å². The third-order valence-electron chi connectivity index (χ3n) is 4.77. The SMILES string of the molecule is CN(C)C(=NCc1ccccc1)NCCC(=O)N1CCN(c2ncccn2)CC1. The highest BCUT2D eigenvalue weighted by Gasteiger charge is 2.22. The minimum absolute atomic E-state index is 0.160. The fourth-order valence-corrected chi connectivity index (χ4v) is 3.15. The van der Waals surface area contributed by atoms with Crippen molar-refractivity contribution in [1.29, 1.82) is 0 Å². The molecule has 0 radical (unpaired) electrons. The number of aliphatic imine (C=N–C) groups is 1. The van der Waals surface area contributed by atoms with E-state index in [1.807, 2.05) is 42.1 Å². The predicted octanol–water partition coefficient (Wildman–Crippen LogP) is 1.22. The maximum Gasteiger partial charge on any atom is 0.225 e. The lowest BCUT2D eigenvalue weighted by molar-refractivity contribution is -0.131. The highest BCUT2D eigenvalue weighted by atomic mass is 16.2. The number of benzene rings is 1. The molecule has 1 N–H and O–H groups in total. The molecule has 1 fully saturated rings. The zero-order valence-corrected chi connectivity index (χ0v) is 17.2. The number of piperazine rings is 1. The molecule has 0 saturated carbocycles. The molecule has 2 heterocycles. The Balaban J connectivity index is 1.42. The third kappa shape index (κ3) is 6.17. The van der Waals surface area contributed by atoms with Crippen LogP contribution in [0.5, 0.6) is 0 Å². The largest absolute Gasteiger partial charge is 0.356 e. The fourth-order valence-electron chi connectivity index (χ4n) is 3.15. The molecule has 1 aromatic heterocycles. The Kier molecular flexibility index (Phi) is 7.38. The van der Waals surface area contributed by atoms with Gasteiger partial charge in [-0.25, -0.2) is 15.0 Å². The van der Waals surface area contributed by atoms with E-state index in [0.717, 1.165) is 30.6 Å². The maximum atomic E-state index is 12.6. The van der Waals surface area contributed by atoms with Gasteiger partial charge in [0.25, 0.3) is 0 Å². The Morgan fingerprint density at radius 3 is 2.41 bits per heavy atom. The van der Waals surface area contributed by atoms with Crippen LogP contribution in [0.1, 0.15) is 12.0 Å².